The molecule has 16 heavy (non-hydrogen) atoms. The molecule has 1 heterocycles. The van der Waals surface area contributed by atoms with E-state index in [-0.39, 0.29) is 0 Å². The molecule has 5 unspecified atom stereocenters. The van der Waals surface area contributed by atoms with E-state index in [4.69, 9.17) is 9.84 Å². The molecule has 0 aromatic heterocycles. The van der Waals surface area contributed by atoms with E-state index in [2.05, 4.69) is 0 Å². The van der Waals surface area contributed by atoms with E-state index in [1.54, 1.807) is 20.8 Å². The minimum Gasteiger partial charge on any atom is -0.479 e. The summed E-state index contributed by atoms with van der Waals surface area (Å²) < 4.78 is 5.15. The van der Waals surface area contributed by atoms with Crippen LogP contribution in [0.25, 0.3) is 0 Å². The van der Waals surface area contributed by atoms with Crippen molar-refractivity contribution in [2.24, 2.45) is 5.41 Å². The fourth-order valence-corrected chi connectivity index (χ4v) is 1.80. The van der Waals surface area contributed by atoms with Crippen molar-refractivity contribution < 1.29 is 30.0 Å². The van der Waals surface area contributed by atoms with E-state index in [9.17, 15) is 20.1 Å². The third-order valence-corrected chi connectivity index (χ3v) is 2.71. The minimum absolute atomic E-state index is 0.533. The van der Waals surface area contributed by atoms with Gasteiger partial charge in [-0.05, 0) is 5.41 Å². The van der Waals surface area contributed by atoms with Gasteiger partial charge in [0, 0.05) is 0 Å². The fourth-order valence-electron chi connectivity index (χ4n) is 1.80. The first-order valence-electron chi connectivity index (χ1n) is 5.08. The Balaban J connectivity index is 2.94. The van der Waals surface area contributed by atoms with E-state index < -0.39 is 41.9 Å². The van der Waals surface area contributed by atoms with Gasteiger partial charge in [-0.25, -0.2) is 4.79 Å². The average molecular weight is 234 g/mol. The minimum atomic E-state index is -1.62. The molecule has 4 N–H and O–H groups in total. The van der Waals surface area contributed by atoms with Gasteiger partial charge < -0.3 is 25.2 Å². The van der Waals surface area contributed by atoms with E-state index in [1.807, 2.05) is 0 Å². The Morgan fingerprint density at radius 1 is 1.06 bits per heavy atom. The fraction of sp³-hybridized carbons (Fsp3) is 0.900. The standard InChI is InChI=1S/C10H18O6/c1-10(2,3)8-6(13)4(11)5(12)7(16-8)9(14)15/h4-8,11-13H,1-3H3,(H,14,15). The number of carboxylic acids is 1. The molecule has 1 saturated heterocycles. The summed E-state index contributed by atoms with van der Waals surface area (Å²) in [5.74, 6) is -1.35. The molecular formula is C10H18O6. The molecule has 0 radical (unpaired) electrons. The number of rotatable bonds is 1. The predicted octanol–water partition coefficient (Wildman–Crippen LogP) is -1.03. The third-order valence-electron chi connectivity index (χ3n) is 2.71. The number of hydrogen-bond acceptors (Lipinski definition) is 5. The SMILES string of the molecule is CC(C)(C)C1OC(C(=O)O)C(O)C(O)C1O. The van der Waals surface area contributed by atoms with Crippen molar-refractivity contribution in [2.45, 2.75) is 51.3 Å². The Morgan fingerprint density at radius 2 is 1.56 bits per heavy atom. The Morgan fingerprint density at radius 3 is 1.94 bits per heavy atom. The quantitative estimate of drug-likeness (QED) is 0.462. The Bertz CT molecular complexity index is 271. The third kappa shape index (κ3) is 2.35. The number of carboxylic acid groups (broad SMARTS) is 1. The molecule has 0 saturated carbocycles. The van der Waals surface area contributed by atoms with Crippen molar-refractivity contribution in [3.05, 3.63) is 0 Å². The van der Waals surface area contributed by atoms with Gasteiger partial charge in [0.1, 0.15) is 18.3 Å². The molecule has 6 heteroatoms. The lowest BCUT2D eigenvalue weighted by atomic mass is 9.80. The largest absolute Gasteiger partial charge is 0.479 e. The van der Waals surface area contributed by atoms with Crippen molar-refractivity contribution in [2.75, 3.05) is 0 Å². The Kier molecular flexibility index (Phi) is 3.59. The van der Waals surface area contributed by atoms with Crippen LogP contribution in [0.5, 0.6) is 0 Å². The lowest BCUT2D eigenvalue weighted by molar-refractivity contribution is -0.246. The van der Waals surface area contributed by atoms with Crippen LogP contribution >= 0.6 is 0 Å². The Hall–Kier alpha value is -0.690. The summed E-state index contributed by atoms with van der Waals surface area (Å²) in [4.78, 5) is 10.8. The first-order valence-corrected chi connectivity index (χ1v) is 5.08. The van der Waals surface area contributed by atoms with Gasteiger partial charge >= 0.3 is 5.97 Å². The highest BCUT2D eigenvalue weighted by molar-refractivity contribution is 5.73. The van der Waals surface area contributed by atoms with Gasteiger partial charge in [0.25, 0.3) is 0 Å². The zero-order chi connectivity index (χ0) is 12.7. The van der Waals surface area contributed by atoms with Crippen LogP contribution in [-0.4, -0.2) is 56.9 Å². The van der Waals surface area contributed by atoms with E-state index in [0.29, 0.717) is 0 Å². The van der Waals surface area contributed by atoms with Crippen LogP contribution in [0.1, 0.15) is 20.8 Å². The number of aliphatic carboxylic acids is 1. The van der Waals surface area contributed by atoms with Crippen molar-refractivity contribution in [3.8, 4) is 0 Å². The lowest BCUT2D eigenvalue weighted by Gasteiger charge is -2.44. The second-order valence-corrected chi connectivity index (χ2v) is 5.15. The highest BCUT2D eigenvalue weighted by Gasteiger charge is 2.50. The number of carbonyl (C=O) groups is 1. The summed E-state index contributed by atoms with van der Waals surface area (Å²) in [5, 5.41) is 37.5. The second kappa shape index (κ2) is 4.29. The molecule has 1 rings (SSSR count). The van der Waals surface area contributed by atoms with Crippen molar-refractivity contribution in [1.82, 2.24) is 0 Å². The van der Waals surface area contributed by atoms with Crippen molar-refractivity contribution in [1.29, 1.82) is 0 Å². The van der Waals surface area contributed by atoms with Crippen molar-refractivity contribution >= 4 is 5.97 Å². The van der Waals surface area contributed by atoms with Gasteiger partial charge in [-0.15, -0.1) is 0 Å². The normalized spacial score (nSPS) is 40.8. The molecule has 0 bridgehead atoms. The molecule has 5 atom stereocenters. The van der Waals surface area contributed by atoms with Gasteiger partial charge in [0.15, 0.2) is 6.10 Å². The molecule has 1 aliphatic rings. The Labute approximate surface area is 93.5 Å². The number of ether oxygens (including phenoxy) is 1. The van der Waals surface area contributed by atoms with Crippen LogP contribution in [0.3, 0.4) is 0 Å². The van der Waals surface area contributed by atoms with Gasteiger partial charge in [-0.3, -0.25) is 0 Å². The maximum absolute atomic E-state index is 10.8. The van der Waals surface area contributed by atoms with Gasteiger partial charge in [0.05, 0.1) is 6.10 Å². The number of hydrogen-bond donors (Lipinski definition) is 4. The molecule has 6 nitrogen and oxygen atoms in total. The van der Waals surface area contributed by atoms with Crippen molar-refractivity contribution in [3.63, 3.8) is 0 Å². The summed E-state index contributed by atoms with van der Waals surface area (Å²) in [6.45, 7) is 5.26. The zero-order valence-corrected chi connectivity index (χ0v) is 9.49. The molecule has 0 aromatic carbocycles. The maximum Gasteiger partial charge on any atom is 0.335 e. The summed E-state index contributed by atoms with van der Waals surface area (Å²) in [6.07, 6.45) is -6.79. The smallest absolute Gasteiger partial charge is 0.335 e. The summed E-state index contributed by atoms with van der Waals surface area (Å²) in [7, 11) is 0. The zero-order valence-electron chi connectivity index (χ0n) is 9.49. The topological polar surface area (TPSA) is 107 Å². The highest BCUT2D eigenvalue weighted by atomic mass is 16.6. The van der Waals surface area contributed by atoms with Crippen LogP contribution < -0.4 is 0 Å². The average Bonchev–Trinajstić information content (AvgIpc) is 2.11. The lowest BCUT2D eigenvalue weighted by Crippen LogP contribution is -2.62. The molecule has 0 aliphatic carbocycles. The summed E-state index contributed by atoms with van der Waals surface area (Å²) in [5.41, 5.74) is -0.533. The van der Waals surface area contributed by atoms with Crippen LogP contribution in [-0.2, 0) is 9.53 Å². The predicted molar refractivity (Wildman–Crippen MR) is 53.8 cm³/mol. The molecule has 1 aliphatic heterocycles. The molecule has 0 amide bonds. The summed E-state index contributed by atoms with van der Waals surface area (Å²) in [6, 6.07) is 0. The number of aliphatic hydroxyl groups excluding tert-OH is 3. The van der Waals surface area contributed by atoms with Gasteiger partial charge in [-0.1, -0.05) is 20.8 Å². The van der Waals surface area contributed by atoms with Crippen LogP contribution in [0.15, 0.2) is 0 Å². The van der Waals surface area contributed by atoms with E-state index in [1.165, 1.54) is 0 Å². The van der Waals surface area contributed by atoms with Gasteiger partial charge in [-0.2, -0.15) is 0 Å². The monoisotopic (exact) mass is 234 g/mol. The molecule has 0 spiro atoms. The first kappa shape index (κ1) is 13.4. The van der Waals surface area contributed by atoms with Crippen LogP contribution in [0, 0.1) is 5.41 Å². The second-order valence-electron chi connectivity index (χ2n) is 5.15. The van der Waals surface area contributed by atoms with Crippen LogP contribution in [0.2, 0.25) is 0 Å². The van der Waals surface area contributed by atoms with E-state index in [0.717, 1.165) is 0 Å². The highest BCUT2D eigenvalue weighted by Crippen LogP contribution is 2.32. The number of aliphatic hydroxyl groups is 3. The molecule has 1 fully saturated rings. The molecular weight excluding hydrogens is 216 g/mol. The van der Waals surface area contributed by atoms with E-state index >= 15 is 0 Å². The molecule has 94 valence electrons. The summed E-state index contributed by atoms with van der Waals surface area (Å²) >= 11 is 0. The van der Waals surface area contributed by atoms with Crippen LogP contribution in [0.4, 0.5) is 0 Å². The molecule has 0 aromatic rings. The first-order chi connectivity index (χ1) is 7.16. The maximum atomic E-state index is 10.8. The van der Waals surface area contributed by atoms with Gasteiger partial charge in [0.2, 0.25) is 0 Å².